The van der Waals surface area contributed by atoms with E-state index in [4.69, 9.17) is 9.73 Å². The van der Waals surface area contributed by atoms with Crippen LogP contribution in [0.3, 0.4) is 0 Å². The van der Waals surface area contributed by atoms with Gasteiger partial charge in [0.15, 0.2) is 0 Å². The molecule has 2 aliphatic heterocycles. The van der Waals surface area contributed by atoms with Crippen LogP contribution < -0.4 is 4.74 Å². The fraction of sp³-hybridized carbons (Fsp3) is 0.640. The van der Waals surface area contributed by atoms with Crippen molar-refractivity contribution in [2.75, 3.05) is 26.8 Å². The van der Waals surface area contributed by atoms with Gasteiger partial charge >= 0.3 is 0 Å². The number of benzene rings is 1. The SMILES string of the molecule is COc1ccc(CN2CC3=C(C(C)(C)C)[C@H](C)N=C(C(C)(C)C)N3C[C@@H]2CO)cc1. The molecular weight excluding hydrogens is 374 g/mol. The number of aliphatic hydroxyl groups is 1. The van der Waals surface area contributed by atoms with Crippen LogP contribution in [0, 0.1) is 10.8 Å². The second-order valence-corrected chi connectivity index (χ2v) is 10.7. The Morgan fingerprint density at radius 1 is 1.07 bits per heavy atom. The van der Waals surface area contributed by atoms with E-state index >= 15 is 0 Å². The maximum atomic E-state index is 10.2. The fourth-order valence-electron chi connectivity index (χ4n) is 4.83. The number of fused-ring (bicyclic) bond motifs is 1. The zero-order chi connectivity index (χ0) is 22.3. The molecule has 2 aliphatic rings. The Kier molecular flexibility index (Phi) is 6.35. The normalized spacial score (nSPS) is 23.4. The van der Waals surface area contributed by atoms with Gasteiger partial charge in [-0.05, 0) is 35.6 Å². The lowest BCUT2D eigenvalue weighted by molar-refractivity contribution is 0.0752. The Hall–Kier alpha value is -1.85. The lowest BCUT2D eigenvalue weighted by Crippen LogP contribution is -2.58. The molecule has 2 atom stereocenters. The summed E-state index contributed by atoms with van der Waals surface area (Å²) >= 11 is 0. The number of hydrogen-bond acceptors (Lipinski definition) is 5. The Labute approximate surface area is 182 Å². The minimum Gasteiger partial charge on any atom is -0.497 e. The summed E-state index contributed by atoms with van der Waals surface area (Å²) < 4.78 is 5.30. The Balaban J connectivity index is 1.98. The van der Waals surface area contributed by atoms with Crippen LogP contribution in [0.2, 0.25) is 0 Å². The molecular formula is C25H39N3O2. The molecule has 0 bridgehead atoms. The van der Waals surface area contributed by atoms with Crippen molar-refractivity contribution in [3.05, 3.63) is 41.1 Å². The van der Waals surface area contributed by atoms with Gasteiger partial charge in [0.25, 0.3) is 0 Å². The summed E-state index contributed by atoms with van der Waals surface area (Å²) in [5.74, 6) is 2.01. The third kappa shape index (κ3) is 4.57. The first kappa shape index (κ1) is 22.8. The average Bonchev–Trinajstić information content (AvgIpc) is 2.65. The molecule has 1 saturated heterocycles. The molecule has 0 saturated carbocycles. The van der Waals surface area contributed by atoms with Crippen LogP contribution in [0.25, 0.3) is 0 Å². The molecule has 3 rings (SSSR count). The van der Waals surface area contributed by atoms with E-state index < -0.39 is 0 Å². The molecule has 5 nitrogen and oxygen atoms in total. The average molecular weight is 414 g/mol. The Bertz CT molecular complexity index is 812. The van der Waals surface area contributed by atoms with Gasteiger partial charge in [0.1, 0.15) is 11.6 Å². The summed E-state index contributed by atoms with van der Waals surface area (Å²) in [6.45, 7) is 18.3. The van der Waals surface area contributed by atoms with Crippen LogP contribution in [0.1, 0.15) is 54.0 Å². The maximum Gasteiger partial charge on any atom is 0.118 e. The topological polar surface area (TPSA) is 48.3 Å². The van der Waals surface area contributed by atoms with Crippen molar-refractivity contribution >= 4 is 5.84 Å². The summed E-state index contributed by atoms with van der Waals surface area (Å²) in [7, 11) is 1.69. The molecule has 2 heterocycles. The predicted octanol–water partition coefficient (Wildman–Crippen LogP) is 4.32. The first-order valence-corrected chi connectivity index (χ1v) is 11.0. The second-order valence-electron chi connectivity index (χ2n) is 10.7. The minimum atomic E-state index is -0.0406. The molecule has 5 heteroatoms. The molecule has 1 fully saturated rings. The van der Waals surface area contributed by atoms with Crippen LogP contribution in [-0.4, -0.2) is 59.6 Å². The maximum absolute atomic E-state index is 10.2. The summed E-state index contributed by atoms with van der Waals surface area (Å²) in [5.41, 5.74) is 4.01. The van der Waals surface area contributed by atoms with Crippen LogP contribution in [0.4, 0.5) is 0 Å². The van der Waals surface area contributed by atoms with Crippen molar-refractivity contribution in [1.29, 1.82) is 0 Å². The summed E-state index contributed by atoms with van der Waals surface area (Å²) in [4.78, 5) is 9.98. The van der Waals surface area contributed by atoms with Gasteiger partial charge in [-0.1, -0.05) is 53.7 Å². The molecule has 0 unspecified atom stereocenters. The molecule has 0 radical (unpaired) electrons. The number of aliphatic hydroxyl groups excluding tert-OH is 1. The standard InChI is InChI=1S/C25H39N3O2/c1-17-22(24(2,3)4)21-15-27(13-18-9-11-20(30-8)12-10-18)19(16-29)14-28(21)23(26-17)25(5,6)7/h9-12,17,19,29H,13-16H2,1-8H3/t17-,19+/m0/s1. The molecule has 0 aromatic heterocycles. The van der Waals surface area contributed by atoms with E-state index in [0.29, 0.717) is 0 Å². The summed E-state index contributed by atoms with van der Waals surface area (Å²) in [5, 5.41) is 10.2. The monoisotopic (exact) mass is 413 g/mol. The highest BCUT2D eigenvalue weighted by Crippen LogP contribution is 2.41. The zero-order valence-electron chi connectivity index (χ0n) is 20.0. The molecule has 166 valence electrons. The Morgan fingerprint density at radius 2 is 1.70 bits per heavy atom. The number of hydrogen-bond donors (Lipinski definition) is 1. The van der Waals surface area contributed by atoms with Gasteiger partial charge in [0.2, 0.25) is 0 Å². The molecule has 0 aliphatic carbocycles. The van der Waals surface area contributed by atoms with E-state index in [9.17, 15) is 5.11 Å². The largest absolute Gasteiger partial charge is 0.497 e. The smallest absolute Gasteiger partial charge is 0.118 e. The van der Waals surface area contributed by atoms with Crippen LogP contribution in [0.5, 0.6) is 5.75 Å². The third-order valence-corrected chi connectivity index (χ3v) is 6.12. The second kappa shape index (κ2) is 8.35. The minimum absolute atomic E-state index is 0.0394. The predicted molar refractivity (Wildman–Crippen MR) is 124 cm³/mol. The van der Waals surface area contributed by atoms with E-state index in [1.54, 1.807) is 7.11 Å². The number of ether oxygens (including phenoxy) is 1. The van der Waals surface area contributed by atoms with Crippen molar-refractivity contribution in [1.82, 2.24) is 9.80 Å². The van der Waals surface area contributed by atoms with E-state index in [0.717, 1.165) is 31.2 Å². The molecule has 1 aromatic rings. The van der Waals surface area contributed by atoms with Gasteiger partial charge in [-0.25, -0.2) is 0 Å². The van der Waals surface area contributed by atoms with Gasteiger partial charge in [0, 0.05) is 30.7 Å². The first-order valence-electron chi connectivity index (χ1n) is 11.0. The van der Waals surface area contributed by atoms with E-state index in [2.05, 4.69) is 70.4 Å². The highest BCUT2D eigenvalue weighted by molar-refractivity contribution is 5.90. The van der Waals surface area contributed by atoms with E-state index in [-0.39, 0.29) is 29.5 Å². The lowest BCUT2D eigenvalue weighted by atomic mass is 9.78. The number of methoxy groups -OCH3 is 1. The van der Waals surface area contributed by atoms with Crippen molar-refractivity contribution < 1.29 is 9.84 Å². The van der Waals surface area contributed by atoms with Crippen LogP contribution in [0.15, 0.2) is 40.5 Å². The van der Waals surface area contributed by atoms with Gasteiger partial charge in [-0.2, -0.15) is 0 Å². The van der Waals surface area contributed by atoms with Crippen molar-refractivity contribution in [3.8, 4) is 5.75 Å². The molecule has 0 spiro atoms. The number of nitrogens with zero attached hydrogens (tertiary/aromatic N) is 3. The highest BCUT2D eigenvalue weighted by atomic mass is 16.5. The summed E-state index contributed by atoms with van der Waals surface area (Å²) in [6.07, 6.45) is 0. The summed E-state index contributed by atoms with van der Waals surface area (Å²) in [6, 6.07) is 8.48. The van der Waals surface area contributed by atoms with Gasteiger partial charge < -0.3 is 14.7 Å². The Morgan fingerprint density at radius 3 is 2.20 bits per heavy atom. The highest BCUT2D eigenvalue weighted by Gasteiger charge is 2.42. The van der Waals surface area contributed by atoms with Gasteiger partial charge in [-0.3, -0.25) is 9.89 Å². The molecule has 1 aromatic carbocycles. The van der Waals surface area contributed by atoms with E-state index in [1.165, 1.54) is 16.8 Å². The lowest BCUT2D eigenvalue weighted by Gasteiger charge is -2.51. The van der Waals surface area contributed by atoms with Crippen molar-refractivity contribution in [2.45, 2.75) is 67.1 Å². The van der Waals surface area contributed by atoms with Crippen LogP contribution in [-0.2, 0) is 6.54 Å². The first-order chi connectivity index (χ1) is 14.0. The quantitative estimate of drug-likeness (QED) is 0.799. The van der Waals surface area contributed by atoms with Gasteiger partial charge in [0.05, 0.1) is 25.8 Å². The molecule has 0 amide bonds. The van der Waals surface area contributed by atoms with Crippen molar-refractivity contribution in [3.63, 3.8) is 0 Å². The number of amidine groups is 1. The molecule has 1 N–H and O–H groups in total. The molecule has 30 heavy (non-hydrogen) atoms. The third-order valence-electron chi connectivity index (χ3n) is 6.12. The number of aliphatic imine (C=N–C) groups is 1. The van der Waals surface area contributed by atoms with Crippen LogP contribution >= 0.6 is 0 Å². The zero-order valence-corrected chi connectivity index (χ0v) is 20.0. The fourth-order valence-corrected chi connectivity index (χ4v) is 4.83. The van der Waals surface area contributed by atoms with E-state index in [1.807, 2.05) is 12.1 Å². The van der Waals surface area contributed by atoms with Gasteiger partial charge in [-0.15, -0.1) is 0 Å². The number of rotatable bonds is 4. The van der Waals surface area contributed by atoms with Crippen molar-refractivity contribution in [2.24, 2.45) is 15.8 Å². The number of piperazine rings is 1.